The Hall–Kier alpha value is -1.89. The molecule has 1 N–H and O–H groups in total. The number of nitrogens with one attached hydrogen (secondary N) is 1. The first-order valence-electron chi connectivity index (χ1n) is 9.21. The van der Waals surface area contributed by atoms with E-state index in [2.05, 4.69) is 50.4 Å². The van der Waals surface area contributed by atoms with E-state index in [4.69, 9.17) is 4.74 Å². The second-order valence-corrected chi connectivity index (χ2v) is 7.77. The summed E-state index contributed by atoms with van der Waals surface area (Å²) < 4.78 is 6.44. The van der Waals surface area contributed by atoms with Crippen LogP contribution < -0.4 is 10.2 Å². The number of carbonyl (C=O) groups is 1. The van der Waals surface area contributed by atoms with Gasteiger partial charge >= 0.3 is 0 Å². The fourth-order valence-electron chi connectivity index (χ4n) is 3.04. The van der Waals surface area contributed by atoms with Gasteiger partial charge in [0.25, 0.3) is 0 Å². The van der Waals surface area contributed by atoms with E-state index in [1.165, 1.54) is 5.56 Å². The number of hydrogen-bond donors (Lipinski definition) is 1. The summed E-state index contributed by atoms with van der Waals surface area (Å²) in [6.07, 6.45) is 0. The second kappa shape index (κ2) is 9.35. The molecule has 1 aliphatic rings. The summed E-state index contributed by atoms with van der Waals surface area (Å²) in [5.41, 5.74) is 3.16. The molecule has 2 aromatic carbocycles. The van der Waals surface area contributed by atoms with E-state index in [9.17, 15) is 4.79 Å². The van der Waals surface area contributed by atoms with Crippen molar-refractivity contribution in [3.63, 3.8) is 0 Å². The molecule has 1 saturated heterocycles. The number of halogens is 1. The Morgan fingerprint density at radius 3 is 2.41 bits per heavy atom. The van der Waals surface area contributed by atoms with E-state index in [0.717, 1.165) is 48.7 Å². The minimum absolute atomic E-state index is 0.00580. The number of ether oxygens (including phenoxy) is 1. The van der Waals surface area contributed by atoms with Gasteiger partial charge in [-0.3, -0.25) is 9.69 Å². The van der Waals surface area contributed by atoms with Gasteiger partial charge in [-0.2, -0.15) is 0 Å². The average Bonchev–Trinajstić information content (AvgIpc) is 2.70. The van der Waals surface area contributed by atoms with Gasteiger partial charge in [-0.15, -0.1) is 0 Å². The van der Waals surface area contributed by atoms with Crippen molar-refractivity contribution < 1.29 is 9.53 Å². The van der Waals surface area contributed by atoms with Crippen molar-refractivity contribution in [3.8, 4) is 0 Å². The molecule has 1 atom stereocenters. The predicted molar refractivity (Wildman–Crippen MR) is 113 cm³/mol. The minimum Gasteiger partial charge on any atom is -0.378 e. The topological polar surface area (TPSA) is 44.8 Å². The van der Waals surface area contributed by atoms with Gasteiger partial charge in [0.15, 0.2) is 0 Å². The largest absolute Gasteiger partial charge is 0.378 e. The Kier molecular flexibility index (Phi) is 6.88. The normalized spacial score (nSPS) is 15.6. The Labute approximate surface area is 169 Å². The van der Waals surface area contributed by atoms with E-state index >= 15 is 0 Å². The lowest BCUT2D eigenvalue weighted by molar-refractivity contribution is -0.120. The highest BCUT2D eigenvalue weighted by Gasteiger charge is 2.18. The molecule has 2 aromatic rings. The van der Waals surface area contributed by atoms with Crippen LogP contribution in [0.4, 0.5) is 11.4 Å². The fourth-order valence-corrected chi connectivity index (χ4v) is 3.30. The molecule has 0 bridgehead atoms. The van der Waals surface area contributed by atoms with E-state index in [-0.39, 0.29) is 11.9 Å². The molecule has 0 aromatic heterocycles. The van der Waals surface area contributed by atoms with Crippen molar-refractivity contribution in [2.24, 2.45) is 0 Å². The summed E-state index contributed by atoms with van der Waals surface area (Å²) in [6.45, 7) is 5.99. The monoisotopic (exact) mass is 431 g/mol. The summed E-state index contributed by atoms with van der Waals surface area (Å²) in [6, 6.07) is 16.0. The number of benzene rings is 2. The van der Waals surface area contributed by atoms with Gasteiger partial charge in [0, 0.05) is 35.5 Å². The van der Waals surface area contributed by atoms with Crippen molar-refractivity contribution in [1.29, 1.82) is 0 Å². The van der Waals surface area contributed by atoms with E-state index in [1.807, 2.05) is 43.1 Å². The van der Waals surface area contributed by atoms with Crippen molar-refractivity contribution in [2.45, 2.75) is 19.5 Å². The standard InChI is InChI=1S/C21H26BrN3O2/c1-16(24(2)15-17-3-5-18(22)6-4-17)21(26)23-19-7-9-20(10-8-19)25-11-13-27-14-12-25/h3-10,16H,11-15H2,1-2H3,(H,23,26). The lowest BCUT2D eigenvalue weighted by atomic mass is 10.2. The zero-order valence-corrected chi connectivity index (χ0v) is 17.4. The highest BCUT2D eigenvalue weighted by atomic mass is 79.9. The van der Waals surface area contributed by atoms with Crippen LogP contribution in [-0.4, -0.2) is 50.2 Å². The molecule has 1 heterocycles. The molecule has 1 amide bonds. The molecule has 0 saturated carbocycles. The predicted octanol–water partition coefficient (Wildman–Crippen LogP) is 3.74. The Balaban J connectivity index is 1.54. The number of rotatable bonds is 6. The number of amides is 1. The molecule has 1 fully saturated rings. The lowest BCUT2D eigenvalue weighted by Gasteiger charge is -2.29. The van der Waals surface area contributed by atoms with Crippen LogP contribution in [0, 0.1) is 0 Å². The molecule has 144 valence electrons. The highest BCUT2D eigenvalue weighted by molar-refractivity contribution is 9.10. The van der Waals surface area contributed by atoms with Crippen LogP contribution in [0.15, 0.2) is 53.0 Å². The van der Waals surface area contributed by atoms with Crippen LogP contribution in [0.5, 0.6) is 0 Å². The van der Waals surface area contributed by atoms with Gasteiger partial charge in [0.2, 0.25) is 5.91 Å². The maximum atomic E-state index is 12.6. The molecular formula is C21H26BrN3O2. The molecule has 0 radical (unpaired) electrons. The molecule has 0 spiro atoms. The van der Waals surface area contributed by atoms with Crippen molar-refractivity contribution in [2.75, 3.05) is 43.6 Å². The van der Waals surface area contributed by atoms with Crippen molar-refractivity contribution in [3.05, 3.63) is 58.6 Å². The maximum Gasteiger partial charge on any atom is 0.241 e. The number of hydrogen-bond acceptors (Lipinski definition) is 4. The van der Waals surface area contributed by atoms with Crippen molar-refractivity contribution in [1.82, 2.24) is 4.90 Å². The Morgan fingerprint density at radius 2 is 1.78 bits per heavy atom. The molecule has 6 heteroatoms. The van der Waals surface area contributed by atoms with Crippen LogP contribution in [0.3, 0.4) is 0 Å². The molecule has 1 aliphatic heterocycles. The summed E-state index contributed by atoms with van der Waals surface area (Å²) in [5.74, 6) is -0.00580. The Morgan fingerprint density at radius 1 is 1.15 bits per heavy atom. The van der Waals surface area contributed by atoms with Gasteiger partial charge < -0.3 is 15.0 Å². The first-order valence-corrected chi connectivity index (χ1v) is 10.0. The SMILES string of the molecule is CC(C(=O)Nc1ccc(N2CCOCC2)cc1)N(C)Cc1ccc(Br)cc1. The van der Waals surface area contributed by atoms with Crippen LogP contribution in [0.25, 0.3) is 0 Å². The zero-order valence-electron chi connectivity index (χ0n) is 15.8. The quantitative estimate of drug-likeness (QED) is 0.756. The number of likely N-dealkylation sites (N-methyl/N-ethyl adjacent to an activating group) is 1. The van der Waals surface area contributed by atoms with Crippen molar-refractivity contribution >= 4 is 33.2 Å². The summed E-state index contributed by atoms with van der Waals surface area (Å²) in [5, 5.41) is 3.02. The number of morpholine rings is 1. The van der Waals surface area contributed by atoms with E-state index in [1.54, 1.807) is 0 Å². The third-order valence-corrected chi connectivity index (χ3v) is 5.43. The van der Waals surface area contributed by atoms with Crippen LogP contribution in [0.2, 0.25) is 0 Å². The third kappa shape index (κ3) is 5.54. The molecule has 1 unspecified atom stereocenters. The third-order valence-electron chi connectivity index (χ3n) is 4.90. The zero-order chi connectivity index (χ0) is 19.2. The van der Waals surface area contributed by atoms with E-state index < -0.39 is 0 Å². The minimum atomic E-state index is -0.229. The van der Waals surface area contributed by atoms with Gasteiger partial charge in [-0.05, 0) is 55.9 Å². The summed E-state index contributed by atoms with van der Waals surface area (Å²) in [4.78, 5) is 16.9. The molecular weight excluding hydrogens is 406 g/mol. The molecule has 27 heavy (non-hydrogen) atoms. The maximum absolute atomic E-state index is 12.6. The molecule has 5 nitrogen and oxygen atoms in total. The summed E-state index contributed by atoms with van der Waals surface area (Å²) in [7, 11) is 1.97. The second-order valence-electron chi connectivity index (χ2n) is 6.85. The number of carbonyl (C=O) groups excluding carboxylic acids is 1. The highest BCUT2D eigenvalue weighted by Crippen LogP contribution is 2.19. The molecule has 0 aliphatic carbocycles. The number of nitrogens with zero attached hydrogens (tertiary/aromatic N) is 2. The lowest BCUT2D eigenvalue weighted by Crippen LogP contribution is -2.39. The van der Waals surface area contributed by atoms with Gasteiger partial charge in [-0.25, -0.2) is 0 Å². The first kappa shape index (κ1) is 19.9. The smallest absolute Gasteiger partial charge is 0.241 e. The average molecular weight is 432 g/mol. The molecule has 3 rings (SSSR count). The van der Waals surface area contributed by atoms with Gasteiger partial charge in [0.05, 0.1) is 19.3 Å². The van der Waals surface area contributed by atoms with E-state index in [0.29, 0.717) is 0 Å². The number of anilines is 2. The van der Waals surface area contributed by atoms with Gasteiger partial charge in [0.1, 0.15) is 0 Å². The van der Waals surface area contributed by atoms with Crippen LogP contribution >= 0.6 is 15.9 Å². The van der Waals surface area contributed by atoms with Gasteiger partial charge in [-0.1, -0.05) is 28.1 Å². The van der Waals surface area contributed by atoms with Crippen LogP contribution in [-0.2, 0) is 16.1 Å². The fraction of sp³-hybridized carbons (Fsp3) is 0.381. The first-order chi connectivity index (χ1) is 13.0. The Bertz CT molecular complexity index is 743. The van der Waals surface area contributed by atoms with Crippen LogP contribution in [0.1, 0.15) is 12.5 Å². The summed E-state index contributed by atoms with van der Waals surface area (Å²) >= 11 is 3.44.